The number of benzene rings is 1. The molecular formula is C16H20N6O3S. The summed E-state index contributed by atoms with van der Waals surface area (Å²) in [7, 11) is 0. The van der Waals surface area contributed by atoms with Gasteiger partial charge in [-0.1, -0.05) is 11.3 Å². The molecule has 0 aliphatic rings. The maximum absolute atomic E-state index is 12.2. The number of amides is 1. The lowest BCUT2D eigenvalue weighted by atomic mass is 10.2. The molecule has 0 fully saturated rings. The molecule has 0 unspecified atom stereocenters. The Labute approximate surface area is 154 Å². The Hall–Kier alpha value is -2.40. The molecule has 1 amide bonds. The van der Waals surface area contributed by atoms with E-state index in [1.165, 1.54) is 11.3 Å². The van der Waals surface area contributed by atoms with Crippen molar-refractivity contribution in [3.8, 4) is 0 Å². The number of imidazole rings is 1. The van der Waals surface area contributed by atoms with Crippen LogP contribution in [0.5, 0.6) is 0 Å². The molecule has 138 valence electrons. The van der Waals surface area contributed by atoms with Gasteiger partial charge in [0.2, 0.25) is 5.13 Å². The van der Waals surface area contributed by atoms with Gasteiger partial charge in [0.05, 0.1) is 30.6 Å². The first kappa shape index (κ1) is 18.4. The number of ether oxygens (including phenoxy) is 2. The fourth-order valence-electron chi connectivity index (χ4n) is 2.31. The highest BCUT2D eigenvalue weighted by atomic mass is 32.1. The van der Waals surface area contributed by atoms with E-state index in [1.54, 1.807) is 24.0 Å². The number of rotatable bonds is 10. The number of nitrogens with zero attached hydrogens (tertiary/aromatic N) is 4. The van der Waals surface area contributed by atoms with Gasteiger partial charge < -0.3 is 19.8 Å². The fraction of sp³-hybridized carbons (Fsp3) is 0.375. The zero-order valence-corrected chi connectivity index (χ0v) is 14.9. The summed E-state index contributed by atoms with van der Waals surface area (Å²) < 4.78 is 12.7. The third kappa shape index (κ3) is 4.82. The molecule has 0 atom stereocenters. The van der Waals surface area contributed by atoms with Crippen molar-refractivity contribution in [2.75, 3.05) is 31.9 Å². The summed E-state index contributed by atoms with van der Waals surface area (Å²) in [6.45, 7) is 2.62. The molecule has 0 bridgehead atoms. The standard InChI is InChI=1S/C16H20N6O3S/c17-4-1-6-24-11-25-7-5-22-9-18-13-8-12(2-3-14(13)22)15(23)20-16-21-19-10-26-16/h2-3,8-10H,1,4-7,11,17H2,(H,20,21,23). The maximum Gasteiger partial charge on any atom is 0.257 e. The van der Waals surface area contributed by atoms with E-state index in [-0.39, 0.29) is 12.7 Å². The van der Waals surface area contributed by atoms with E-state index >= 15 is 0 Å². The van der Waals surface area contributed by atoms with Crippen molar-refractivity contribution in [3.05, 3.63) is 35.6 Å². The molecule has 2 heterocycles. The lowest BCUT2D eigenvalue weighted by molar-refractivity contribution is -0.0557. The van der Waals surface area contributed by atoms with Gasteiger partial charge in [0.1, 0.15) is 12.3 Å². The van der Waals surface area contributed by atoms with Crippen LogP contribution in [0.15, 0.2) is 30.0 Å². The Morgan fingerprint density at radius 1 is 1.31 bits per heavy atom. The molecule has 10 heteroatoms. The number of carbonyl (C=O) groups excluding carboxylic acids is 1. The van der Waals surface area contributed by atoms with Gasteiger partial charge in [0.15, 0.2) is 0 Å². The number of nitrogens with two attached hydrogens (primary N) is 1. The lowest BCUT2D eigenvalue weighted by Gasteiger charge is -2.07. The van der Waals surface area contributed by atoms with Crippen molar-refractivity contribution in [2.24, 2.45) is 5.73 Å². The molecule has 0 spiro atoms. The summed E-state index contributed by atoms with van der Waals surface area (Å²) >= 11 is 1.27. The average Bonchev–Trinajstić information content (AvgIpc) is 3.30. The molecule has 3 N–H and O–H groups in total. The number of hydrogen-bond donors (Lipinski definition) is 2. The van der Waals surface area contributed by atoms with E-state index < -0.39 is 0 Å². The number of hydrogen-bond acceptors (Lipinski definition) is 8. The van der Waals surface area contributed by atoms with E-state index in [1.807, 2.05) is 10.6 Å². The van der Waals surface area contributed by atoms with Crippen molar-refractivity contribution in [1.29, 1.82) is 0 Å². The molecule has 0 saturated heterocycles. The van der Waals surface area contributed by atoms with Crippen molar-refractivity contribution < 1.29 is 14.3 Å². The van der Waals surface area contributed by atoms with Crippen LogP contribution < -0.4 is 11.1 Å². The first-order chi connectivity index (χ1) is 12.8. The molecule has 1 aromatic carbocycles. The minimum absolute atomic E-state index is 0.240. The molecular weight excluding hydrogens is 356 g/mol. The smallest absolute Gasteiger partial charge is 0.257 e. The van der Waals surface area contributed by atoms with E-state index in [0.717, 1.165) is 17.5 Å². The Bertz CT molecular complexity index is 836. The van der Waals surface area contributed by atoms with Gasteiger partial charge in [-0.25, -0.2) is 4.98 Å². The van der Waals surface area contributed by atoms with Crippen LogP contribution in [0.2, 0.25) is 0 Å². The SMILES string of the molecule is NCCCOCOCCn1cnc2cc(C(=O)Nc3nncs3)ccc21. The monoisotopic (exact) mass is 376 g/mol. The van der Waals surface area contributed by atoms with Crippen LogP contribution >= 0.6 is 11.3 Å². The second kappa shape index (κ2) is 9.34. The molecule has 9 nitrogen and oxygen atoms in total. The van der Waals surface area contributed by atoms with Gasteiger partial charge in [0, 0.05) is 12.1 Å². The molecule has 3 aromatic rings. The largest absolute Gasteiger partial charge is 0.355 e. The summed E-state index contributed by atoms with van der Waals surface area (Å²) in [5.41, 5.74) is 9.15. The molecule has 0 aliphatic carbocycles. The Morgan fingerprint density at radius 2 is 2.19 bits per heavy atom. The molecule has 0 saturated carbocycles. The molecule has 26 heavy (non-hydrogen) atoms. The topological polar surface area (TPSA) is 117 Å². The number of anilines is 1. The van der Waals surface area contributed by atoms with Crippen LogP contribution in [-0.2, 0) is 16.0 Å². The Kier molecular flexibility index (Phi) is 6.61. The van der Waals surface area contributed by atoms with Crippen LogP contribution in [0.25, 0.3) is 11.0 Å². The molecule has 0 radical (unpaired) electrons. The molecule has 0 aliphatic heterocycles. The highest BCUT2D eigenvalue weighted by Gasteiger charge is 2.11. The van der Waals surface area contributed by atoms with E-state index in [4.69, 9.17) is 15.2 Å². The van der Waals surface area contributed by atoms with Crippen molar-refractivity contribution in [2.45, 2.75) is 13.0 Å². The lowest BCUT2D eigenvalue weighted by Crippen LogP contribution is -2.12. The van der Waals surface area contributed by atoms with E-state index in [2.05, 4.69) is 20.5 Å². The maximum atomic E-state index is 12.2. The minimum atomic E-state index is -0.240. The summed E-state index contributed by atoms with van der Waals surface area (Å²) in [4.78, 5) is 16.6. The number of carbonyl (C=O) groups is 1. The second-order valence-electron chi connectivity index (χ2n) is 5.42. The number of aromatic nitrogens is 4. The van der Waals surface area contributed by atoms with Gasteiger partial charge in [-0.15, -0.1) is 10.2 Å². The summed E-state index contributed by atoms with van der Waals surface area (Å²) in [6.07, 6.45) is 2.56. The second-order valence-corrected chi connectivity index (χ2v) is 6.25. The van der Waals surface area contributed by atoms with Gasteiger partial charge >= 0.3 is 0 Å². The van der Waals surface area contributed by atoms with Crippen LogP contribution in [0.1, 0.15) is 16.8 Å². The van der Waals surface area contributed by atoms with Gasteiger partial charge in [0.25, 0.3) is 5.91 Å². The average molecular weight is 376 g/mol. The van der Waals surface area contributed by atoms with Crippen LogP contribution in [-0.4, -0.2) is 52.2 Å². The number of fused-ring (bicyclic) bond motifs is 1. The third-order valence-electron chi connectivity index (χ3n) is 3.60. The van der Waals surface area contributed by atoms with Gasteiger partial charge in [-0.3, -0.25) is 10.1 Å². The predicted octanol–water partition coefficient (Wildman–Crippen LogP) is 1.48. The Balaban J connectivity index is 1.54. The van der Waals surface area contributed by atoms with Crippen LogP contribution in [0.4, 0.5) is 5.13 Å². The quantitative estimate of drug-likeness (QED) is 0.406. The third-order valence-corrected chi connectivity index (χ3v) is 4.21. The summed E-state index contributed by atoms with van der Waals surface area (Å²) in [5.74, 6) is -0.240. The normalized spacial score (nSPS) is 11.1. The van der Waals surface area contributed by atoms with Crippen molar-refractivity contribution in [3.63, 3.8) is 0 Å². The zero-order chi connectivity index (χ0) is 18.2. The molecule has 3 rings (SSSR count). The first-order valence-corrected chi connectivity index (χ1v) is 9.04. The van der Waals surface area contributed by atoms with Gasteiger partial charge in [-0.05, 0) is 31.2 Å². The van der Waals surface area contributed by atoms with E-state index in [9.17, 15) is 4.79 Å². The Morgan fingerprint density at radius 3 is 3.00 bits per heavy atom. The first-order valence-electron chi connectivity index (χ1n) is 8.16. The highest BCUT2D eigenvalue weighted by Crippen LogP contribution is 2.17. The predicted molar refractivity (Wildman–Crippen MR) is 98.0 cm³/mol. The van der Waals surface area contributed by atoms with Crippen LogP contribution in [0, 0.1) is 0 Å². The summed E-state index contributed by atoms with van der Waals surface area (Å²) in [6, 6.07) is 5.38. The molecule has 2 aromatic heterocycles. The summed E-state index contributed by atoms with van der Waals surface area (Å²) in [5, 5.41) is 10.7. The van der Waals surface area contributed by atoms with Gasteiger partial charge in [-0.2, -0.15) is 0 Å². The number of nitrogens with one attached hydrogen (secondary N) is 1. The minimum Gasteiger partial charge on any atom is -0.355 e. The highest BCUT2D eigenvalue weighted by molar-refractivity contribution is 7.13. The van der Waals surface area contributed by atoms with Crippen molar-refractivity contribution >= 4 is 33.4 Å². The zero-order valence-electron chi connectivity index (χ0n) is 14.1. The van der Waals surface area contributed by atoms with Crippen LogP contribution in [0.3, 0.4) is 0 Å². The fourth-order valence-corrected chi connectivity index (χ4v) is 2.75. The van der Waals surface area contributed by atoms with Crippen molar-refractivity contribution in [1.82, 2.24) is 19.7 Å². The van der Waals surface area contributed by atoms with E-state index in [0.29, 0.717) is 37.0 Å².